The van der Waals surface area contributed by atoms with E-state index in [4.69, 9.17) is 18.9 Å². The van der Waals surface area contributed by atoms with Gasteiger partial charge < -0.3 is 23.5 Å². The predicted octanol–water partition coefficient (Wildman–Crippen LogP) is 3.12. The van der Waals surface area contributed by atoms with Gasteiger partial charge in [0, 0.05) is 19.7 Å². The molecule has 0 fully saturated rings. The van der Waals surface area contributed by atoms with Crippen LogP contribution in [-0.2, 0) is 11.3 Å². The van der Waals surface area contributed by atoms with Crippen molar-refractivity contribution in [3.8, 4) is 17.2 Å². The van der Waals surface area contributed by atoms with E-state index in [0.717, 1.165) is 16.0 Å². The highest BCUT2D eigenvalue weighted by molar-refractivity contribution is 7.16. The summed E-state index contributed by atoms with van der Waals surface area (Å²) in [5, 5.41) is 0. The van der Waals surface area contributed by atoms with Crippen molar-refractivity contribution in [1.82, 2.24) is 4.57 Å². The number of hydrogen-bond acceptors (Lipinski definition) is 6. The minimum absolute atomic E-state index is 0.367. The van der Waals surface area contributed by atoms with E-state index in [2.05, 4.69) is 4.99 Å². The predicted molar refractivity (Wildman–Crippen MR) is 108 cm³/mol. The number of benzene rings is 2. The van der Waals surface area contributed by atoms with Crippen LogP contribution in [0.25, 0.3) is 10.2 Å². The van der Waals surface area contributed by atoms with Gasteiger partial charge in [-0.1, -0.05) is 17.4 Å². The molecule has 3 rings (SSSR count). The van der Waals surface area contributed by atoms with Gasteiger partial charge in [-0.25, -0.2) is 0 Å². The summed E-state index contributed by atoms with van der Waals surface area (Å²) in [6.45, 7) is 1.03. The lowest BCUT2D eigenvalue weighted by molar-refractivity contribution is 0.0994. The highest BCUT2D eigenvalue weighted by Crippen LogP contribution is 2.28. The van der Waals surface area contributed by atoms with Gasteiger partial charge in [0.25, 0.3) is 5.91 Å². The van der Waals surface area contributed by atoms with Gasteiger partial charge in [0.15, 0.2) is 4.80 Å². The topological polar surface area (TPSA) is 71.3 Å². The first kappa shape index (κ1) is 19.9. The number of fused-ring (bicyclic) bond motifs is 1. The van der Waals surface area contributed by atoms with Crippen LogP contribution in [0.3, 0.4) is 0 Å². The van der Waals surface area contributed by atoms with Crippen LogP contribution in [-0.4, -0.2) is 45.5 Å². The molecule has 7 nitrogen and oxygen atoms in total. The molecule has 148 valence electrons. The lowest BCUT2D eigenvalue weighted by atomic mass is 10.2. The fourth-order valence-corrected chi connectivity index (χ4v) is 3.93. The Kier molecular flexibility index (Phi) is 6.33. The summed E-state index contributed by atoms with van der Waals surface area (Å²) in [5.41, 5.74) is 1.26. The molecule has 0 spiro atoms. The summed E-state index contributed by atoms with van der Waals surface area (Å²) in [4.78, 5) is 17.8. The van der Waals surface area contributed by atoms with Crippen LogP contribution < -0.4 is 19.0 Å². The lowest BCUT2D eigenvalue weighted by Gasteiger charge is -2.09. The number of carbonyl (C=O) groups is 1. The van der Waals surface area contributed by atoms with Gasteiger partial charge in [0.05, 0.1) is 38.2 Å². The van der Waals surface area contributed by atoms with E-state index in [1.807, 2.05) is 22.8 Å². The van der Waals surface area contributed by atoms with Crippen LogP contribution in [0.1, 0.15) is 10.4 Å². The Morgan fingerprint density at radius 3 is 2.50 bits per heavy atom. The van der Waals surface area contributed by atoms with Crippen LogP contribution in [0, 0.1) is 0 Å². The number of amides is 1. The Balaban J connectivity index is 2.14. The maximum Gasteiger partial charge on any atom is 0.283 e. The average molecular weight is 402 g/mol. The number of methoxy groups -OCH3 is 4. The van der Waals surface area contributed by atoms with Crippen molar-refractivity contribution in [2.24, 2.45) is 4.99 Å². The minimum atomic E-state index is -0.392. The smallest absolute Gasteiger partial charge is 0.283 e. The van der Waals surface area contributed by atoms with Crippen molar-refractivity contribution in [2.75, 3.05) is 35.0 Å². The van der Waals surface area contributed by atoms with Crippen LogP contribution in [0.5, 0.6) is 17.2 Å². The van der Waals surface area contributed by atoms with E-state index in [0.29, 0.717) is 35.0 Å². The van der Waals surface area contributed by atoms with E-state index in [1.54, 1.807) is 39.5 Å². The molecule has 0 aliphatic carbocycles. The number of rotatable bonds is 7. The summed E-state index contributed by atoms with van der Waals surface area (Å²) in [6, 6.07) is 10.8. The quantitative estimate of drug-likeness (QED) is 0.607. The highest BCUT2D eigenvalue weighted by Gasteiger charge is 2.16. The lowest BCUT2D eigenvalue weighted by Crippen LogP contribution is -2.19. The SMILES string of the molecule is COCCn1c(=NC(=O)c2ccc(OC)cc2OC)sc2cccc(OC)c21. The maximum absolute atomic E-state index is 12.9. The number of para-hydroxylation sites is 1. The van der Waals surface area contributed by atoms with Crippen molar-refractivity contribution < 1.29 is 23.7 Å². The molecule has 0 aliphatic heterocycles. The molecule has 0 radical (unpaired) electrons. The molecule has 0 N–H and O–H groups in total. The number of hydrogen-bond donors (Lipinski definition) is 0. The van der Waals surface area contributed by atoms with Crippen molar-refractivity contribution in [2.45, 2.75) is 6.54 Å². The fourth-order valence-electron chi connectivity index (χ4n) is 2.86. The monoisotopic (exact) mass is 402 g/mol. The van der Waals surface area contributed by atoms with E-state index in [9.17, 15) is 4.79 Å². The second kappa shape index (κ2) is 8.90. The zero-order chi connectivity index (χ0) is 20.1. The van der Waals surface area contributed by atoms with Gasteiger partial charge >= 0.3 is 0 Å². The van der Waals surface area contributed by atoms with Crippen LogP contribution in [0.15, 0.2) is 41.4 Å². The Morgan fingerprint density at radius 2 is 1.82 bits per heavy atom. The second-order valence-electron chi connectivity index (χ2n) is 5.82. The van der Waals surface area contributed by atoms with Crippen molar-refractivity contribution >= 4 is 27.5 Å². The van der Waals surface area contributed by atoms with Crippen LogP contribution in [0.2, 0.25) is 0 Å². The molecule has 0 aliphatic rings. The molecule has 0 saturated carbocycles. The molecular weight excluding hydrogens is 380 g/mol. The number of nitrogens with zero attached hydrogens (tertiary/aromatic N) is 2. The summed E-state index contributed by atoms with van der Waals surface area (Å²) in [6.07, 6.45) is 0. The van der Waals surface area contributed by atoms with Crippen molar-refractivity contribution in [3.05, 3.63) is 46.8 Å². The van der Waals surface area contributed by atoms with Crippen molar-refractivity contribution in [1.29, 1.82) is 0 Å². The first-order valence-corrected chi connectivity index (χ1v) is 9.41. The van der Waals surface area contributed by atoms with Gasteiger partial charge in [-0.3, -0.25) is 4.79 Å². The highest BCUT2D eigenvalue weighted by atomic mass is 32.1. The third-order valence-corrected chi connectivity index (χ3v) is 5.28. The molecule has 8 heteroatoms. The molecule has 0 bridgehead atoms. The Hall–Kier alpha value is -2.84. The van der Waals surface area contributed by atoms with Gasteiger partial charge in [-0.2, -0.15) is 4.99 Å². The zero-order valence-electron chi connectivity index (χ0n) is 16.2. The molecule has 1 heterocycles. The van der Waals surface area contributed by atoms with E-state index in [1.165, 1.54) is 18.4 Å². The van der Waals surface area contributed by atoms with E-state index >= 15 is 0 Å². The molecule has 0 saturated heterocycles. The molecular formula is C20H22N2O5S. The second-order valence-corrected chi connectivity index (χ2v) is 6.83. The normalized spacial score (nSPS) is 11.6. The zero-order valence-corrected chi connectivity index (χ0v) is 17.0. The van der Waals surface area contributed by atoms with Crippen LogP contribution in [0.4, 0.5) is 0 Å². The summed E-state index contributed by atoms with van der Waals surface area (Å²) in [5.74, 6) is 1.35. The standard InChI is InChI=1S/C20H22N2O5S/c1-24-11-10-22-18-15(26-3)6-5-7-17(18)28-20(22)21-19(23)14-9-8-13(25-2)12-16(14)27-4/h5-9,12H,10-11H2,1-4H3. The molecule has 28 heavy (non-hydrogen) atoms. The summed E-state index contributed by atoms with van der Waals surface area (Å²) in [7, 11) is 6.33. The first-order chi connectivity index (χ1) is 13.6. The van der Waals surface area contributed by atoms with Gasteiger partial charge in [0.1, 0.15) is 22.8 Å². The third-order valence-electron chi connectivity index (χ3n) is 4.24. The van der Waals surface area contributed by atoms with Gasteiger partial charge in [-0.15, -0.1) is 0 Å². The number of carbonyl (C=O) groups excluding carboxylic acids is 1. The van der Waals surface area contributed by atoms with E-state index in [-0.39, 0.29) is 0 Å². The molecule has 0 atom stereocenters. The Labute approximate surface area is 166 Å². The van der Waals surface area contributed by atoms with Gasteiger partial charge in [0.2, 0.25) is 0 Å². The maximum atomic E-state index is 12.9. The minimum Gasteiger partial charge on any atom is -0.497 e. The van der Waals surface area contributed by atoms with Gasteiger partial charge in [-0.05, 0) is 24.3 Å². The summed E-state index contributed by atoms with van der Waals surface area (Å²) < 4.78 is 24.2. The molecule has 2 aromatic carbocycles. The Morgan fingerprint density at radius 1 is 1.04 bits per heavy atom. The van der Waals surface area contributed by atoms with Crippen molar-refractivity contribution in [3.63, 3.8) is 0 Å². The average Bonchev–Trinajstić information content (AvgIpc) is 3.08. The molecule has 1 aromatic heterocycles. The molecule has 0 unspecified atom stereocenters. The fraction of sp³-hybridized carbons (Fsp3) is 0.300. The molecule has 3 aromatic rings. The first-order valence-electron chi connectivity index (χ1n) is 8.59. The number of thiazole rings is 1. The van der Waals surface area contributed by atoms with Crippen LogP contribution >= 0.6 is 11.3 Å². The largest absolute Gasteiger partial charge is 0.497 e. The Bertz CT molecular complexity index is 1050. The third kappa shape index (κ3) is 3.88. The molecule has 1 amide bonds. The van der Waals surface area contributed by atoms with E-state index < -0.39 is 5.91 Å². The summed E-state index contributed by atoms with van der Waals surface area (Å²) >= 11 is 1.42. The number of ether oxygens (including phenoxy) is 4. The number of aromatic nitrogens is 1.